The summed E-state index contributed by atoms with van der Waals surface area (Å²) in [5.41, 5.74) is 1.72. The van der Waals surface area contributed by atoms with Gasteiger partial charge in [0.2, 0.25) is 0 Å². The molecule has 0 amide bonds. The third kappa shape index (κ3) is 3.10. The van der Waals surface area contributed by atoms with Crippen LogP contribution in [0.4, 0.5) is 14.5 Å². The van der Waals surface area contributed by atoms with Crippen molar-refractivity contribution in [2.75, 3.05) is 12.4 Å². The predicted molar refractivity (Wildman–Crippen MR) is 79.1 cm³/mol. The van der Waals surface area contributed by atoms with E-state index in [9.17, 15) is 8.78 Å². The maximum absolute atomic E-state index is 13.9. The van der Waals surface area contributed by atoms with Gasteiger partial charge < -0.3 is 10.1 Å². The number of nitrogens with one attached hydrogen (secondary N) is 1. The Balaban J connectivity index is 2.25. The molecule has 0 atom stereocenters. The molecule has 0 saturated carbocycles. The van der Waals surface area contributed by atoms with Crippen molar-refractivity contribution >= 4 is 21.6 Å². The fourth-order valence-electron chi connectivity index (χ4n) is 1.87. The van der Waals surface area contributed by atoms with Gasteiger partial charge in [-0.15, -0.1) is 0 Å². The number of methoxy groups -OCH3 is 1. The molecule has 0 fully saturated rings. The number of aryl methyl sites for hydroxylation is 1. The molecule has 1 N–H and O–H groups in total. The molecule has 0 aromatic heterocycles. The Bertz CT molecular complexity index is 632. The zero-order chi connectivity index (χ0) is 14.7. The van der Waals surface area contributed by atoms with Crippen LogP contribution in [0.1, 0.15) is 11.1 Å². The zero-order valence-corrected chi connectivity index (χ0v) is 12.7. The molecular formula is C15H14BrF2NO. The molecule has 0 radical (unpaired) electrons. The summed E-state index contributed by atoms with van der Waals surface area (Å²) in [7, 11) is 1.55. The number of hydrogen-bond donors (Lipinski definition) is 1. The van der Waals surface area contributed by atoms with E-state index >= 15 is 0 Å². The van der Waals surface area contributed by atoms with Crippen LogP contribution in [0.2, 0.25) is 0 Å². The summed E-state index contributed by atoms with van der Waals surface area (Å²) in [6, 6.07) is 8.17. The molecule has 2 aromatic carbocycles. The smallest absolute Gasteiger partial charge is 0.145 e. The standard InChI is InChI=1S/C15H14BrF2NO/c1-9-3-6-14(20-2)13(7-9)19-8-10-12(17)5-4-11(16)15(10)18/h3-7,19H,8H2,1-2H3. The number of halogens is 3. The van der Waals surface area contributed by atoms with Crippen LogP contribution in [0.25, 0.3) is 0 Å². The molecule has 0 saturated heterocycles. The third-order valence-electron chi connectivity index (χ3n) is 2.95. The fourth-order valence-corrected chi connectivity index (χ4v) is 2.25. The normalized spacial score (nSPS) is 10.4. The molecule has 2 aromatic rings. The molecule has 2 rings (SSSR count). The van der Waals surface area contributed by atoms with Crippen LogP contribution in [0.5, 0.6) is 5.75 Å². The molecule has 20 heavy (non-hydrogen) atoms. The van der Waals surface area contributed by atoms with E-state index in [-0.39, 0.29) is 16.6 Å². The summed E-state index contributed by atoms with van der Waals surface area (Å²) in [5, 5.41) is 3.00. The average Bonchev–Trinajstić information content (AvgIpc) is 2.43. The van der Waals surface area contributed by atoms with Crippen LogP contribution >= 0.6 is 15.9 Å². The van der Waals surface area contributed by atoms with Gasteiger partial charge in [0, 0.05) is 12.1 Å². The van der Waals surface area contributed by atoms with E-state index < -0.39 is 11.6 Å². The molecule has 0 aliphatic rings. The van der Waals surface area contributed by atoms with Crippen LogP contribution in [-0.2, 0) is 6.54 Å². The maximum atomic E-state index is 13.9. The van der Waals surface area contributed by atoms with Crippen molar-refractivity contribution in [3.63, 3.8) is 0 Å². The quantitative estimate of drug-likeness (QED) is 0.817. The van der Waals surface area contributed by atoms with Gasteiger partial charge in [0.05, 0.1) is 17.3 Å². The Morgan fingerprint density at radius 2 is 1.95 bits per heavy atom. The van der Waals surface area contributed by atoms with E-state index in [2.05, 4.69) is 21.2 Å². The number of ether oxygens (including phenoxy) is 1. The van der Waals surface area contributed by atoms with Gasteiger partial charge in [-0.05, 0) is 52.7 Å². The first-order valence-electron chi connectivity index (χ1n) is 6.04. The highest BCUT2D eigenvalue weighted by Gasteiger charge is 2.13. The molecule has 106 valence electrons. The van der Waals surface area contributed by atoms with E-state index in [1.54, 1.807) is 7.11 Å². The Hall–Kier alpha value is -1.62. The number of anilines is 1. The lowest BCUT2D eigenvalue weighted by atomic mass is 10.1. The summed E-state index contributed by atoms with van der Waals surface area (Å²) in [5.74, 6) is -0.541. The summed E-state index contributed by atoms with van der Waals surface area (Å²) >= 11 is 3.05. The molecule has 0 spiro atoms. The minimum Gasteiger partial charge on any atom is -0.495 e. The van der Waals surface area contributed by atoms with Gasteiger partial charge in [0.1, 0.15) is 17.4 Å². The van der Waals surface area contributed by atoms with Crippen LogP contribution in [0.3, 0.4) is 0 Å². The molecule has 5 heteroatoms. The number of benzene rings is 2. The zero-order valence-electron chi connectivity index (χ0n) is 11.1. The van der Waals surface area contributed by atoms with E-state index in [0.29, 0.717) is 11.4 Å². The molecule has 2 nitrogen and oxygen atoms in total. The summed E-state index contributed by atoms with van der Waals surface area (Å²) in [6.07, 6.45) is 0. The second kappa shape index (κ2) is 6.22. The van der Waals surface area contributed by atoms with Gasteiger partial charge >= 0.3 is 0 Å². The minimum atomic E-state index is -0.593. The van der Waals surface area contributed by atoms with Crippen LogP contribution in [0, 0.1) is 18.6 Å². The van der Waals surface area contributed by atoms with Gasteiger partial charge in [0.15, 0.2) is 0 Å². The summed E-state index contributed by atoms with van der Waals surface area (Å²) in [4.78, 5) is 0. The van der Waals surface area contributed by atoms with Crippen molar-refractivity contribution < 1.29 is 13.5 Å². The Labute approximate surface area is 124 Å². The van der Waals surface area contributed by atoms with Crippen LogP contribution < -0.4 is 10.1 Å². The topological polar surface area (TPSA) is 21.3 Å². The highest BCUT2D eigenvalue weighted by molar-refractivity contribution is 9.10. The number of hydrogen-bond acceptors (Lipinski definition) is 2. The van der Waals surface area contributed by atoms with E-state index in [0.717, 1.165) is 5.56 Å². The highest BCUT2D eigenvalue weighted by Crippen LogP contribution is 2.27. The maximum Gasteiger partial charge on any atom is 0.145 e. The highest BCUT2D eigenvalue weighted by atomic mass is 79.9. The van der Waals surface area contributed by atoms with Crippen LogP contribution in [-0.4, -0.2) is 7.11 Å². The van der Waals surface area contributed by atoms with Crippen molar-refractivity contribution in [3.8, 4) is 5.75 Å². The minimum absolute atomic E-state index is 0.0112. The van der Waals surface area contributed by atoms with Gasteiger partial charge in [-0.3, -0.25) is 0 Å². The van der Waals surface area contributed by atoms with Crippen molar-refractivity contribution in [3.05, 3.63) is 57.6 Å². The van der Waals surface area contributed by atoms with Gasteiger partial charge in [-0.1, -0.05) is 6.07 Å². The van der Waals surface area contributed by atoms with Crippen LogP contribution in [0.15, 0.2) is 34.8 Å². The lowest BCUT2D eigenvalue weighted by molar-refractivity contribution is 0.416. The molecule has 0 aliphatic heterocycles. The molecule has 0 bridgehead atoms. The van der Waals surface area contributed by atoms with E-state index in [1.807, 2.05) is 25.1 Å². The first-order valence-corrected chi connectivity index (χ1v) is 6.83. The lowest BCUT2D eigenvalue weighted by Gasteiger charge is -2.13. The van der Waals surface area contributed by atoms with Gasteiger partial charge in [-0.2, -0.15) is 0 Å². The number of rotatable bonds is 4. The van der Waals surface area contributed by atoms with Crippen molar-refractivity contribution in [1.82, 2.24) is 0 Å². The Morgan fingerprint density at radius 3 is 2.65 bits per heavy atom. The third-order valence-corrected chi connectivity index (χ3v) is 3.56. The van der Waals surface area contributed by atoms with E-state index in [4.69, 9.17) is 4.74 Å². The molecule has 0 aliphatic carbocycles. The SMILES string of the molecule is COc1ccc(C)cc1NCc1c(F)ccc(Br)c1F. The fraction of sp³-hybridized carbons (Fsp3) is 0.200. The first kappa shape index (κ1) is 14.8. The van der Waals surface area contributed by atoms with E-state index in [1.165, 1.54) is 12.1 Å². The van der Waals surface area contributed by atoms with Crippen molar-refractivity contribution in [1.29, 1.82) is 0 Å². The summed E-state index contributed by atoms with van der Waals surface area (Å²) < 4.78 is 33.0. The monoisotopic (exact) mass is 341 g/mol. The van der Waals surface area contributed by atoms with Crippen molar-refractivity contribution in [2.24, 2.45) is 0 Å². The molecule has 0 unspecified atom stereocenters. The van der Waals surface area contributed by atoms with Gasteiger partial charge in [-0.25, -0.2) is 8.78 Å². The first-order chi connectivity index (χ1) is 9.52. The lowest BCUT2D eigenvalue weighted by Crippen LogP contribution is -2.06. The van der Waals surface area contributed by atoms with Crippen molar-refractivity contribution in [2.45, 2.75) is 13.5 Å². The Kier molecular flexibility index (Phi) is 4.60. The molecule has 0 heterocycles. The predicted octanol–water partition coefficient (Wildman–Crippen LogP) is 4.66. The molecular weight excluding hydrogens is 328 g/mol. The second-order valence-corrected chi connectivity index (χ2v) is 5.23. The summed E-state index contributed by atoms with van der Waals surface area (Å²) in [6.45, 7) is 1.97. The largest absolute Gasteiger partial charge is 0.495 e. The average molecular weight is 342 g/mol. The Morgan fingerprint density at radius 1 is 1.20 bits per heavy atom. The van der Waals surface area contributed by atoms with Gasteiger partial charge in [0.25, 0.3) is 0 Å². The second-order valence-electron chi connectivity index (χ2n) is 4.38.